The maximum Gasteiger partial charge on any atom is 0.251 e. The van der Waals surface area contributed by atoms with Crippen molar-refractivity contribution >= 4 is 6.08 Å². The number of hydrogen-bond acceptors (Lipinski definition) is 3. The van der Waals surface area contributed by atoms with Gasteiger partial charge in [-0.3, -0.25) is 14.8 Å². The second-order valence-electron chi connectivity index (χ2n) is 4.18. The van der Waals surface area contributed by atoms with E-state index in [2.05, 4.69) is 5.10 Å². The monoisotopic (exact) mass is 257 g/mol. The van der Waals surface area contributed by atoms with Gasteiger partial charge in [-0.25, -0.2) is 0 Å². The minimum Gasteiger partial charge on any atom is -0.272 e. The molecule has 0 fully saturated rings. The Kier molecular flexibility index (Phi) is 4.07. The molecule has 0 atom stereocenters. The first kappa shape index (κ1) is 13.0. The number of allylic oxidation sites excluding steroid dienone is 1. The summed E-state index contributed by atoms with van der Waals surface area (Å²) in [6, 6.07) is 9.41. The fourth-order valence-corrected chi connectivity index (χ4v) is 1.79. The summed E-state index contributed by atoms with van der Waals surface area (Å²) in [5.41, 5.74) is 1.85. The molecule has 0 aliphatic carbocycles. The Morgan fingerprint density at radius 3 is 2.74 bits per heavy atom. The van der Waals surface area contributed by atoms with Crippen molar-refractivity contribution in [2.45, 2.75) is 19.9 Å². The maximum atomic E-state index is 11.1. The highest BCUT2D eigenvalue weighted by Crippen LogP contribution is 2.13. The van der Waals surface area contributed by atoms with Crippen LogP contribution in [0.3, 0.4) is 0 Å². The highest BCUT2D eigenvalue weighted by molar-refractivity contribution is 5.49. The van der Waals surface area contributed by atoms with Gasteiger partial charge in [0.25, 0.3) is 5.70 Å². The molecular weight excluding hydrogens is 242 g/mol. The molecule has 19 heavy (non-hydrogen) atoms. The van der Waals surface area contributed by atoms with E-state index < -0.39 is 0 Å². The molecule has 5 nitrogen and oxygen atoms in total. The van der Waals surface area contributed by atoms with Gasteiger partial charge in [0, 0.05) is 24.4 Å². The normalized spacial score (nSPS) is 11.5. The SMILES string of the molecule is CCn1cc(/C=C(/Cc2ccccc2)[N+](=O)[O-])cn1. The van der Waals surface area contributed by atoms with Crippen LogP contribution in [0.5, 0.6) is 0 Å². The van der Waals surface area contributed by atoms with Crippen molar-refractivity contribution in [2.24, 2.45) is 0 Å². The van der Waals surface area contributed by atoms with E-state index in [1.54, 1.807) is 23.2 Å². The summed E-state index contributed by atoms with van der Waals surface area (Å²) in [7, 11) is 0. The van der Waals surface area contributed by atoms with Gasteiger partial charge in [-0.05, 0) is 12.5 Å². The van der Waals surface area contributed by atoms with Crippen LogP contribution in [-0.4, -0.2) is 14.7 Å². The molecule has 1 heterocycles. The number of aryl methyl sites for hydroxylation is 1. The molecule has 0 bridgehead atoms. The van der Waals surface area contributed by atoms with Gasteiger partial charge in [0.15, 0.2) is 0 Å². The lowest BCUT2D eigenvalue weighted by molar-refractivity contribution is -0.425. The van der Waals surface area contributed by atoms with E-state index in [0.29, 0.717) is 6.42 Å². The van der Waals surface area contributed by atoms with Crippen molar-refractivity contribution in [3.05, 3.63) is 69.7 Å². The standard InChI is InChI=1S/C14H15N3O2/c1-2-16-11-13(10-15-16)9-14(17(18)19)8-12-6-4-3-5-7-12/h3-7,9-11H,2,8H2,1H3/b14-9-. The van der Waals surface area contributed by atoms with Crippen LogP contribution in [0.4, 0.5) is 0 Å². The Morgan fingerprint density at radius 1 is 1.42 bits per heavy atom. The molecule has 0 aliphatic heterocycles. The van der Waals surface area contributed by atoms with Crippen LogP contribution in [0.15, 0.2) is 48.4 Å². The third kappa shape index (κ3) is 3.51. The molecule has 5 heteroatoms. The largest absolute Gasteiger partial charge is 0.272 e. The maximum absolute atomic E-state index is 11.1. The van der Waals surface area contributed by atoms with Gasteiger partial charge >= 0.3 is 0 Å². The summed E-state index contributed by atoms with van der Waals surface area (Å²) >= 11 is 0. The van der Waals surface area contributed by atoms with Crippen LogP contribution in [-0.2, 0) is 13.0 Å². The number of rotatable bonds is 5. The van der Waals surface area contributed by atoms with Crippen LogP contribution in [0.1, 0.15) is 18.1 Å². The minimum atomic E-state index is -0.337. The highest BCUT2D eigenvalue weighted by atomic mass is 16.6. The van der Waals surface area contributed by atoms with Crippen LogP contribution in [0, 0.1) is 10.1 Å². The van der Waals surface area contributed by atoms with Gasteiger partial charge in [-0.15, -0.1) is 0 Å². The predicted molar refractivity (Wildman–Crippen MR) is 73.0 cm³/mol. The zero-order chi connectivity index (χ0) is 13.7. The molecule has 0 amide bonds. The molecule has 0 aliphatic rings. The van der Waals surface area contributed by atoms with Crippen molar-refractivity contribution in [2.75, 3.05) is 0 Å². The van der Waals surface area contributed by atoms with Crippen LogP contribution >= 0.6 is 0 Å². The minimum absolute atomic E-state index is 0.168. The Hall–Kier alpha value is -2.43. The Bertz CT molecular complexity index is 588. The molecule has 0 spiro atoms. The molecule has 0 N–H and O–H groups in total. The summed E-state index contributed by atoms with van der Waals surface area (Å²) in [5.74, 6) is 0. The Labute approximate surface area is 111 Å². The van der Waals surface area contributed by atoms with E-state index in [1.165, 1.54) is 0 Å². The highest BCUT2D eigenvalue weighted by Gasteiger charge is 2.12. The van der Waals surface area contributed by atoms with Gasteiger partial charge in [0.1, 0.15) is 0 Å². The molecule has 0 radical (unpaired) electrons. The Morgan fingerprint density at radius 2 is 2.16 bits per heavy atom. The first-order valence-corrected chi connectivity index (χ1v) is 6.10. The second-order valence-corrected chi connectivity index (χ2v) is 4.18. The number of hydrogen-bond donors (Lipinski definition) is 0. The average molecular weight is 257 g/mol. The molecule has 2 aromatic rings. The van der Waals surface area contributed by atoms with Crippen LogP contribution in [0.25, 0.3) is 6.08 Å². The van der Waals surface area contributed by atoms with E-state index in [0.717, 1.165) is 17.7 Å². The molecule has 0 saturated heterocycles. The topological polar surface area (TPSA) is 61.0 Å². The quantitative estimate of drug-likeness (QED) is 0.611. The smallest absolute Gasteiger partial charge is 0.251 e. The first-order chi connectivity index (χ1) is 9.19. The molecule has 1 aromatic heterocycles. The van der Waals surface area contributed by atoms with Crippen molar-refractivity contribution < 1.29 is 4.92 Å². The van der Waals surface area contributed by atoms with E-state index in [-0.39, 0.29) is 10.6 Å². The van der Waals surface area contributed by atoms with Gasteiger partial charge in [-0.2, -0.15) is 5.10 Å². The molecule has 2 rings (SSSR count). The van der Waals surface area contributed by atoms with E-state index in [1.807, 2.05) is 37.3 Å². The third-order valence-electron chi connectivity index (χ3n) is 2.77. The van der Waals surface area contributed by atoms with Crippen molar-refractivity contribution in [1.29, 1.82) is 0 Å². The second kappa shape index (κ2) is 5.95. The zero-order valence-corrected chi connectivity index (χ0v) is 10.7. The van der Waals surface area contributed by atoms with Gasteiger partial charge in [-0.1, -0.05) is 30.3 Å². The molecule has 98 valence electrons. The zero-order valence-electron chi connectivity index (χ0n) is 10.7. The average Bonchev–Trinajstić information content (AvgIpc) is 2.87. The summed E-state index contributed by atoms with van der Waals surface area (Å²) in [4.78, 5) is 10.8. The van der Waals surface area contributed by atoms with E-state index >= 15 is 0 Å². The predicted octanol–water partition coefficient (Wildman–Crippen LogP) is 2.76. The molecule has 1 aromatic carbocycles. The van der Waals surface area contributed by atoms with Crippen LogP contribution in [0.2, 0.25) is 0 Å². The van der Waals surface area contributed by atoms with Crippen molar-refractivity contribution in [3.63, 3.8) is 0 Å². The Balaban J connectivity index is 2.22. The van der Waals surface area contributed by atoms with E-state index in [4.69, 9.17) is 0 Å². The first-order valence-electron chi connectivity index (χ1n) is 6.10. The number of benzene rings is 1. The molecule has 0 unspecified atom stereocenters. The number of nitro groups is 1. The lowest BCUT2D eigenvalue weighted by Gasteiger charge is -1.99. The van der Waals surface area contributed by atoms with Gasteiger partial charge < -0.3 is 0 Å². The number of nitrogens with zero attached hydrogens (tertiary/aromatic N) is 3. The number of aromatic nitrogens is 2. The van der Waals surface area contributed by atoms with E-state index in [9.17, 15) is 10.1 Å². The molecular formula is C14H15N3O2. The summed E-state index contributed by atoms with van der Waals surface area (Å²) in [6.45, 7) is 2.72. The van der Waals surface area contributed by atoms with Gasteiger partial charge in [0.2, 0.25) is 0 Å². The van der Waals surface area contributed by atoms with Gasteiger partial charge in [0.05, 0.1) is 17.5 Å². The lowest BCUT2D eigenvalue weighted by atomic mass is 10.1. The van der Waals surface area contributed by atoms with Crippen molar-refractivity contribution in [3.8, 4) is 0 Å². The summed E-state index contributed by atoms with van der Waals surface area (Å²) in [6.07, 6.45) is 5.32. The fourth-order valence-electron chi connectivity index (χ4n) is 1.79. The summed E-state index contributed by atoms with van der Waals surface area (Å²) in [5, 5.41) is 15.2. The summed E-state index contributed by atoms with van der Waals surface area (Å²) < 4.78 is 1.74. The fraction of sp³-hybridized carbons (Fsp3) is 0.214. The van der Waals surface area contributed by atoms with Crippen molar-refractivity contribution in [1.82, 2.24) is 9.78 Å². The molecule has 0 saturated carbocycles. The lowest BCUT2D eigenvalue weighted by Crippen LogP contribution is -2.02. The van der Waals surface area contributed by atoms with Crippen LogP contribution < -0.4 is 0 Å². The third-order valence-corrected chi connectivity index (χ3v) is 2.77.